The van der Waals surface area contributed by atoms with Gasteiger partial charge in [0, 0.05) is 6.20 Å². The molecule has 0 aliphatic heterocycles. The first-order valence-corrected chi connectivity index (χ1v) is 4.90. The number of rotatable bonds is 3. The van der Waals surface area contributed by atoms with Gasteiger partial charge in [0.25, 0.3) is 0 Å². The van der Waals surface area contributed by atoms with Gasteiger partial charge in [-0.1, -0.05) is 6.42 Å². The molecule has 0 atom stereocenters. The molecule has 0 radical (unpaired) electrons. The van der Waals surface area contributed by atoms with Gasteiger partial charge in [-0.3, -0.25) is 4.98 Å². The third kappa shape index (κ3) is 2.00. The van der Waals surface area contributed by atoms with Gasteiger partial charge in [-0.05, 0) is 37.8 Å². The average Bonchev–Trinajstić information content (AvgIpc) is 2.05. The van der Waals surface area contributed by atoms with Gasteiger partial charge in [0.2, 0.25) is 0 Å². The molecule has 0 bridgehead atoms. The minimum Gasteiger partial charge on any atom is -0.491 e. The molecule has 0 amide bonds. The number of aryl methyl sites for hydroxylation is 1. The summed E-state index contributed by atoms with van der Waals surface area (Å²) in [5, 5.41) is 0. The van der Waals surface area contributed by atoms with Crippen LogP contribution in [-0.2, 0) is 0 Å². The highest BCUT2D eigenvalue weighted by Gasteiger charge is 2.18. The van der Waals surface area contributed by atoms with Crippen molar-refractivity contribution in [2.45, 2.75) is 26.2 Å². The average molecular weight is 177 g/mol. The van der Waals surface area contributed by atoms with E-state index in [1.165, 1.54) is 19.3 Å². The summed E-state index contributed by atoms with van der Waals surface area (Å²) in [4.78, 5) is 4.18. The molecule has 1 heterocycles. The van der Waals surface area contributed by atoms with Crippen molar-refractivity contribution in [3.8, 4) is 5.75 Å². The predicted molar refractivity (Wildman–Crippen MR) is 51.8 cm³/mol. The summed E-state index contributed by atoms with van der Waals surface area (Å²) < 4.78 is 5.68. The molecule has 0 spiro atoms. The van der Waals surface area contributed by atoms with E-state index in [1.54, 1.807) is 6.20 Å². The zero-order valence-corrected chi connectivity index (χ0v) is 7.99. The Bertz CT molecular complexity index is 281. The fourth-order valence-electron chi connectivity index (χ4n) is 1.49. The summed E-state index contributed by atoms with van der Waals surface area (Å²) in [7, 11) is 0. The second-order valence-corrected chi connectivity index (χ2v) is 3.69. The summed E-state index contributed by atoms with van der Waals surface area (Å²) in [6.07, 6.45) is 5.84. The maximum Gasteiger partial charge on any atom is 0.140 e. The van der Waals surface area contributed by atoms with Crippen molar-refractivity contribution in [3.63, 3.8) is 0 Å². The Morgan fingerprint density at radius 2 is 2.38 bits per heavy atom. The van der Waals surface area contributed by atoms with Gasteiger partial charge < -0.3 is 4.74 Å². The smallest absolute Gasteiger partial charge is 0.140 e. The maximum atomic E-state index is 5.68. The molecule has 0 N–H and O–H groups in total. The van der Waals surface area contributed by atoms with Crippen LogP contribution in [0.2, 0.25) is 0 Å². The van der Waals surface area contributed by atoms with Crippen molar-refractivity contribution >= 4 is 0 Å². The summed E-state index contributed by atoms with van der Waals surface area (Å²) in [6, 6.07) is 3.91. The molecule has 2 nitrogen and oxygen atoms in total. The Hall–Kier alpha value is -1.05. The Morgan fingerprint density at radius 1 is 1.54 bits per heavy atom. The van der Waals surface area contributed by atoms with Gasteiger partial charge in [0.05, 0.1) is 12.3 Å². The highest BCUT2D eigenvalue weighted by Crippen LogP contribution is 2.27. The molecule has 0 aromatic carbocycles. The number of nitrogens with zero attached hydrogens (tertiary/aromatic N) is 1. The van der Waals surface area contributed by atoms with Crippen LogP contribution in [0, 0.1) is 12.8 Å². The summed E-state index contributed by atoms with van der Waals surface area (Å²) in [5.41, 5.74) is 0.988. The molecule has 0 saturated heterocycles. The first-order chi connectivity index (χ1) is 6.36. The molecule has 1 aromatic heterocycles. The third-order valence-corrected chi connectivity index (χ3v) is 2.66. The van der Waals surface area contributed by atoms with Crippen molar-refractivity contribution in [2.24, 2.45) is 5.92 Å². The molecule has 13 heavy (non-hydrogen) atoms. The van der Waals surface area contributed by atoms with E-state index in [1.807, 2.05) is 19.1 Å². The van der Waals surface area contributed by atoms with Crippen LogP contribution in [0.1, 0.15) is 25.0 Å². The van der Waals surface area contributed by atoms with E-state index in [-0.39, 0.29) is 0 Å². The minimum absolute atomic E-state index is 0.791. The minimum atomic E-state index is 0.791. The molecule has 0 unspecified atom stereocenters. The van der Waals surface area contributed by atoms with Gasteiger partial charge in [0.15, 0.2) is 0 Å². The molecule has 2 rings (SSSR count). The summed E-state index contributed by atoms with van der Waals surface area (Å²) in [6.45, 7) is 2.85. The van der Waals surface area contributed by atoms with Gasteiger partial charge in [-0.15, -0.1) is 0 Å². The first kappa shape index (κ1) is 8.54. The van der Waals surface area contributed by atoms with Crippen LogP contribution in [0.4, 0.5) is 0 Å². The Morgan fingerprint density at radius 3 is 3.00 bits per heavy atom. The molecule has 1 fully saturated rings. The monoisotopic (exact) mass is 177 g/mol. The van der Waals surface area contributed by atoms with Crippen LogP contribution in [0.15, 0.2) is 18.3 Å². The predicted octanol–water partition coefficient (Wildman–Crippen LogP) is 2.57. The second-order valence-electron chi connectivity index (χ2n) is 3.69. The largest absolute Gasteiger partial charge is 0.491 e. The van der Waals surface area contributed by atoms with E-state index in [0.29, 0.717) is 0 Å². The van der Waals surface area contributed by atoms with Crippen LogP contribution < -0.4 is 4.74 Å². The molecular weight excluding hydrogens is 162 g/mol. The van der Waals surface area contributed by atoms with E-state index in [0.717, 1.165) is 24.0 Å². The summed E-state index contributed by atoms with van der Waals surface area (Å²) >= 11 is 0. The topological polar surface area (TPSA) is 22.1 Å². The lowest BCUT2D eigenvalue weighted by Crippen LogP contribution is -2.19. The molecule has 70 valence electrons. The number of hydrogen-bond donors (Lipinski definition) is 0. The van der Waals surface area contributed by atoms with E-state index >= 15 is 0 Å². The van der Waals surface area contributed by atoms with E-state index in [4.69, 9.17) is 4.74 Å². The van der Waals surface area contributed by atoms with Crippen molar-refractivity contribution < 1.29 is 4.74 Å². The van der Waals surface area contributed by atoms with Crippen molar-refractivity contribution in [3.05, 3.63) is 24.0 Å². The molecule has 1 aromatic rings. The lowest BCUT2D eigenvalue weighted by molar-refractivity contribution is 0.179. The van der Waals surface area contributed by atoms with Gasteiger partial charge in [-0.2, -0.15) is 0 Å². The fraction of sp³-hybridized carbons (Fsp3) is 0.545. The third-order valence-electron chi connectivity index (χ3n) is 2.66. The molecule has 2 heteroatoms. The standard InChI is InChI=1S/C11H15NO/c1-9-11(6-3-7-12-9)13-8-10-4-2-5-10/h3,6-7,10H,2,4-5,8H2,1H3. The van der Waals surface area contributed by atoms with Crippen LogP contribution in [0.3, 0.4) is 0 Å². The van der Waals surface area contributed by atoms with Crippen LogP contribution in [-0.4, -0.2) is 11.6 Å². The highest BCUT2D eigenvalue weighted by molar-refractivity contribution is 5.25. The van der Waals surface area contributed by atoms with E-state index in [9.17, 15) is 0 Å². The summed E-state index contributed by atoms with van der Waals surface area (Å²) in [5.74, 6) is 1.73. The highest BCUT2D eigenvalue weighted by atomic mass is 16.5. The lowest BCUT2D eigenvalue weighted by Gasteiger charge is -2.25. The molecule has 1 saturated carbocycles. The fourth-order valence-corrected chi connectivity index (χ4v) is 1.49. The number of ether oxygens (including phenoxy) is 1. The lowest BCUT2D eigenvalue weighted by atomic mass is 9.86. The molecule has 1 aliphatic rings. The Labute approximate surface area is 78.9 Å². The number of hydrogen-bond acceptors (Lipinski definition) is 2. The van der Waals surface area contributed by atoms with Crippen LogP contribution in [0.5, 0.6) is 5.75 Å². The first-order valence-electron chi connectivity index (χ1n) is 4.90. The van der Waals surface area contributed by atoms with Gasteiger partial charge in [0.1, 0.15) is 5.75 Å². The van der Waals surface area contributed by atoms with Crippen molar-refractivity contribution in [1.29, 1.82) is 0 Å². The number of aromatic nitrogens is 1. The Kier molecular flexibility index (Phi) is 2.48. The molecular formula is C11H15NO. The Balaban J connectivity index is 1.89. The van der Waals surface area contributed by atoms with E-state index < -0.39 is 0 Å². The van der Waals surface area contributed by atoms with Crippen LogP contribution in [0.25, 0.3) is 0 Å². The zero-order valence-electron chi connectivity index (χ0n) is 7.99. The van der Waals surface area contributed by atoms with Gasteiger partial charge >= 0.3 is 0 Å². The van der Waals surface area contributed by atoms with Crippen molar-refractivity contribution in [2.75, 3.05) is 6.61 Å². The molecule has 1 aliphatic carbocycles. The van der Waals surface area contributed by atoms with E-state index in [2.05, 4.69) is 4.98 Å². The quantitative estimate of drug-likeness (QED) is 0.708. The van der Waals surface area contributed by atoms with Crippen molar-refractivity contribution in [1.82, 2.24) is 4.98 Å². The number of pyridine rings is 1. The van der Waals surface area contributed by atoms with Crippen LogP contribution >= 0.6 is 0 Å². The zero-order chi connectivity index (χ0) is 9.10. The normalized spacial score (nSPS) is 16.7. The SMILES string of the molecule is Cc1ncccc1OCC1CCC1. The van der Waals surface area contributed by atoms with Gasteiger partial charge in [-0.25, -0.2) is 0 Å². The maximum absolute atomic E-state index is 5.68. The second kappa shape index (κ2) is 3.77.